The molecule has 24 heavy (non-hydrogen) atoms. The van der Waals surface area contributed by atoms with Gasteiger partial charge in [-0.15, -0.1) is 0 Å². The van der Waals surface area contributed by atoms with Crippen molar-refractivity contribution in [1.82, 2.24) is 0 Å². The van der Waals surface area contributed by atoms with Gasteiger partial charge in [-0.2, -0.15) is 5.26 Å². The van der Waals surface area contributed by atoms with Gasteiger partial charge in [0, 0.05) is 10.9 Å². The summed E-state index contributed by atoms with van der Waals surface area (Å²) in [5, 5.41) is 10.5. The second kappa shape index (κ2) is 7.27. The van der Waals surface area contributed by atoms with Gasteiger partial charge >= 0.3 is 0 Å². The highest BCUT2D eigenvalue weighted by Gasteiger charge is 2.10. The summed E-state index contributed by atoms with van der Waals surface area (Å²) in [5.41, 5.74) is 3.21. The molecule has 0 aliphatic carbocycles. The van der Waals surface area contributed by atoms with Crippen LogP contribution < -0.4 is 0 Å². The van der Waals surface area contributed by atoms with Crippen LogP contribution >= 0.6 is 0 Å². The number of benzene rings is 3. The van der Waals surface area contributed by atoms with Crippen molar-refractivity contribution in [3.8, 4) is 17.2 Å². The number of fused-ring (bicyclic) bond motifs is 1. The molecule has 0 fully saturated rings. The van der Waals surface area contributed by atoms with Crippen molar-refractivity contribution < 1.29 is 4.39 Å². The van der Waals surface area contributed by atoms with E-state index in [1.165, 1.54) is 24.8 Å². The lowest BCUT2D eigenvalue weighted by Crippen LogP contribution is -1.90. The molecule has 2 heteroatoms. The second-order valence-electron chi connectivity index (χ2n) is 6.13. The lowest BCUT2D eigenvalue weighted by molar-refractivity contribution is 0.643. The first-order valence-corrected chi connectivity index (χ1v) is 8.44. The molecule has 0 aliphatic heterocycles. The Bertz CT molecular complexity index is 888. The molecule has 0 N–H and O–H groups in total. The summed E-state index contributed by atoms with van der Waals surface area (Å²) in [6.45, 7) is 2.19. The molecule has 0 aliphatic rings. The van der Waals surface area contributed by atoms with Crippen LogP contribution in [0.15, 0.2) is 54.6 Å². The van der Waals surface area contributed by atoms with E-state index < -0.39 is 0 Å². The third-order valence-electron chi connectivity index (χ3n) is 4.41. The summed E-state index contributed by atoms with van der Waals surface area (Å²) in [5.74, 6) is -0.197. The largest absolute Gasteiger partial charge is 0.206 e. The van der Waals surface area contributed by atoms with Gasteiger partial charge in [0.1, 0.15) is 5.82 Å². The molecule has 0 aromatic heterocycles. The van der Waals surface area contributed by atoms with Crippen LogP contribution in [0.5, 0.6) is 0 Å². The Morgan fingerprint density at radius 2 is 1.75 bits per heavy atom. The molecule has 3 rings (SSSR count). The Balaban J connectivity index is 1.95. The smallest absolute Gasteiger partial charge is 0.138 e. The minimum absolute atomic E-state index is 0.197. The van der Waals surface area contributed by atoms with E-state index in [1.807, 2.05) is 24.3 Å². The van der Waals surface area contributed by atoms with E-state index in [0.717, 1.165) is 17.4 Å². The average Bonchev–Trinajstić information content (AvgIpc) is 2.62. The third kappa shape index (κ3) is 3.31. The quantitative estimate of drug-likeness (QED) is 0.510. The monoisotopic (exact) mass is 317 g/mol. The SMILES string of the molecule is CCCCCc1ccc2c(F)c(-c3ccc(C#N)cc3)ccc2c1. The van der Waals surface area contributed by atoms with Crippen LogP contribution in [-0.4, -0.2) is 0 Å². The normalized spacial score (nSPS) is 10.7. The summed E-state index contributed by atoms with van der Waals surface area (Å²) in [6, 6.07) is 18.9. The Labute approximate surface area is 142 Å². The predicted molar refractivity (Wildman–Crippen MR) is 97.3 cm³/mol. The fourth-order valence-corrected chi connectivity index (χ4v) is 3.02. The molecular formula is C22H20FN. The molecule has 0 bridgehead atoms. The van der Waals surface area contributed by atoms with Crippen LogP contribution in [0.4, 0.5) is 4.39 Å². The van der Waals surface area contributed by atoms with E-state index >= 15 is 0 Å². The van der Waals surface area contributed by atoms with Gasteiger partial charge in [-0.05, 0) is 41.5 Å². The zero-order valence-corrected chi connectivity index (χ0v) is 13.8. The summed E-state index contributed by atoms with van der Waals surface area (Å²) in [6.07, 6.45) is 4.65. The molecule has 3 aromatic rings. The molecule has 1 nitrogen and oxygen atoms in total. The number of halogens is 1. The lowest BCUT2D eigenvalue weighted by atomic mass is 9.97. The fraction of sp³-hybridized carbons (Fsp3) is 0.227. The zero-order chi connectivity index (χ0) is 16.9. The molecule has 120 valence electrons. The van der Waals surface area contributed by atoms with Crippen molar-refractivity contribution in [3.05, 3.63) is 71.5 Å². The summed E-state index contributed by atoms with van der Waals surface area (Å²) < 4.78 is 14.9. The predicted octanol–water partition coefficient (Wildman–Crippen LogP) is 6.25. The number of rotatable bonds is 5. The number of hydrogen-bond acceptors (Lipinski definition) is 1. The van der Waals surface area contributed by atoms with Crippen molar-refractivity contribution >= 4 is 10.8 Å². The Hall–Kier alpha value is -2.66. The molecule has 0 amide bonds. The first kappa shape index (κ1) is 16.2. The maximum absolute atomic E-state index is 14.9. The minimum Gasteiger partial charge on any atom is -0.206 e. The molecule has 0 atom stereocenters. The van der Waals surface area contributed by atoms with Gasteiger partial charge in [-0.1, -0.05) is 62.2 Å². The molecule has 0 radical (unpaired) electrons. The van der Waals surface area contributed by atoms with Gasteiger partial charge in [0.05, 0.1) is 11.6 Å². The van der Waals surface area contributed by atoms with Crippen molar-refractivity contribution in [1.29, 1.82) is 5.26 Å². The van der Waals surface area contributed by atoms with Gasteiger partial charge in [0.15, 0.2) is 0 Å². The highest BCUT2D eigenvalue weighted by atomic mass is 19.1. The third-order valence-corrected chi connectivity index (χ3v) is 4.41. The average molecular weight is 317 g/mol. The number of nitriles is 1. The van der Waals surface area contributed by atoms with E-state index in [2.05, 4.69) is 19.1 Å². The number of hydrogen-bond donors (Lipinski definition) is 0. The van der Waals surface area contributed by atoms with Gasteiger partial charge in [-0.3, -0.25) is 0 Å². The summed E-state index contributed by atoms with van der Waals surface area (Å²) in [4.78, 5) is 0. The number of aryl methyl sites for hydroxylation is 1. The van der Waals surface area contributed by atoms with E-state index in [1.54, 1.807) is 24.3 Å². The molecule has 0 saturated carbocycles. The van der Waals surface area contributed by atoms with Crippen LogP contribution in [0.3, 0.4) is 0 Å². The minimum atomic E-state index is -0.197. The second-order valence-corrected chi connectivity index (χ2v) is 6.13. The van der Waals surface area contributed by atoms with Gasteiger partial charge < -0.3 is 0 Å². The van der Waals surface area contributed by atoms with Gasteiger partial charge in [-0.25, -0.2) is 4.39 Å². The van der Waals surface area contributed by atoms with Crippen LogP contribution in [0.25, 0.3) is 21.9 Å². The van der Waals surface area contributed by atoms with E-state index in [-0.39, 0.29) is 5.82 Å². The highest BCUT2D eigenvalue weighted by molar-refractivity contribution is 5.88. The molecule has 0 saturated heterocycles. The number of unbranched alkanes of at least 4 members (excludes halogenated alkanes) is 2. The standard InChI is InChI=1S/C22H20FN/c1-2-3-4-5-16-8-12-21-19(14-16)11-13-20(22(21)23)18-9-6-17(15-24)7-10-18/h6-14H,2-5H2,1H3. The van der Waals surface area contributed by atoms with E-state index in [4.69, 9.17) is 5.26 Å². The topological polar surface area (TPSA) is 23.8 Å². The maximum Gasteiger partial charge on any atom is 0.138 e. The fourth-order valence-electron chi connectivity index (χ4n) is 3.02. The van der Waals surface area contributed by atoms with Crippen LogP contribution in [0.2, 0.25) is 0 Å². The Kier molecular flexibility index (Phi) is 4.91. The molecule has 0 heterocycles. The maximum atomic E-state index is 14.9. The van der Waals surface area contributed by atoms with Gasteiger partial charge in [0.25, 0.3) is 0 Å². The highest BCUT2D eigenvalue weighted by Crippen LogP contribution is 2.30. The van der Waals surface area contributed by atoms with Crippen molar-refractivity contribution in [3.63, 3.8) is 0 Å². The Morgan fingerprint density at radius 3 is 2.46 bits per heavy atom. The van der Waals surface area contributed by atoms with E-state index in [0.29, 0.717) is 16.5 Å². The van der Waals surface area contributed by atoms with Gasteiger partial charge in [0.2, 0.25) is 0 Å². The first-order chi connectivity index (χ1) is 11.7. The molecule has 3 aromatic carbocycles. The Morgan fingerprint density at radius 1 is 0.958 bits per heavy atom. The van der Waals surface area contributed by atoms with Crippen LogP contribution in [0, 0.1) is 17.1 Å². The molecule has 0 unspecified atom stereocenters. The molecular weight excluding hydrogens is 297 g/mol. The summed E-state index contributed by atoms with van der Waals surface area (Å²) >= 11 is 0. The van der Waals surface area contributed by atoms with Crippen molar-refractivity contribution in [2.75, 3.05) is 0 Å². The zero-order valence-electron chi connectivity index (χ0n) is 13.8. The summed E-state index contributed by atoms with van der Waals surface area (Å²) in [7, 11) is 0. The first-order valence-electron chi connectivity index (χ1n) is 8.44. The van der Waals surface area contributed by atoms with Crippen LogP contribution in [0.1, 0.15) is 37.3 Å². The lowest BCUT2D eigenvalue weighted by Gasteiger charge is -2.09. The van der Waals surface area contributed by atoms with Crippen molar-refractivity contribution in [2.24, 2.45) is 0 Å². The number of nitrogens with zero attached hydrogens (tertiary/aromatic N) is 1. The van der Waals surface area contributed by atoms with Crippen LogP contribution in [-0.2, 0) is 6.42 Å². The molecule has 0 spiro atoms. The van der Waals surface area contributed by atoms with E-state index in [9.17, 15) is 4.39 Å². The van der Waals surface area contributed by atoms with Crippen molar-refractivity contribution in [2.45, 2.75) is 32.6 Å².